The fraction of sp³-hybridized carbons (Fsp3) is 0.750. The number of hydrogen-bond acceptors (Lipinski definition) is 4. The molecule has 0 radical (unpaired) electrons. The summed E-state index contributed by atoms with van der Waals surface area (Å²) in [6.45, 7) is 3.60. The van der Waals surface area contributed by atoms with E-state index in [-0.39, 0.29) is 0 Å². The predicted octanol–water partition coefficient (Wildman–Crippen LogP) is 2.80. The highest BCUT2D eigenvalue weighted by molar-refractivity contribution is 5.76. The molecule has 1 aromatic heterocycles. The van der Waals surface area contributed by atoms with Gasteiger partial charge in [-0.15, -0.1) is 0 Å². The van der Waals surface area contributed by atoms with Crippen molar-refractivity contribution in [2.75, 3.05) is 19.6 Å². The van der Waals surface area contributed by atoms with Gasteiger partial charge in [-0.1, -0.05) is 19.3 Å². The number of hydrogen-bond donors (Lipinski definition) is 1. The van der Waals surface area contributed by atoms with E-state index in [2.05, 4.69) is 15.2 Å². The molecule has 1 N–H and O–H groups in total. The molecule has 3 heterocycles. The van der Waals surface area contributed by atoms with Gasteiger partial charge in [0.1, 0.15) is 5.82 Å². The summed E-state index contributed by atoms with van der Waals surface area (Å²) in [5.74, 6) is 2.24. The van der Waals surface area contributed by atoms with E-state index in [9.17, 15) is 4.79 Å². The Labute approximate surface area is 150 Å². The third-order valence-corrected chi connectivity index (χ3v) is 6.15. The van der Waals surface area contributed by atoms with Crippen LogP contribution in [0.15, 0.2) is 6.20 Å². The lowest BCUT2D eigenvalue weighted by Gasteiger charge is -2.34. The number of carbonyl (C=O) groups is 1. The van der Waals surface area contributed by atoms with Crippen LogP contribution in [0.25, 0.3) is 0 Å². The maximum Gasteiger partial charge on any atom is 0.222 e. The van der Waals surface area contributed by atoms with Crippen LogP contribution in [0.5, 0.6) is 0 Å². The van der Waals surface area contributed by atoms with Crippen molar-refractivity contribution in [2.24, 2.45) is 5.92 Å². The van der Waals surface area contributed by atoms with E-state index in [1.54, 1.807) is 0 Å². The first-order valence-electron chi connectivity index (χ1n) is 10.1. The topological polar surface area (TPSA) is 58.1 Å². The SMILES string of the molecule is O=C(CC1CCCCC1)N1CCCC(c2ncc3c(n2)CCNC3)C1. The molecule has 2 fully saturated rings. The van der Waals surface area contributed by atoms with E-state index in [4.69, 9.17) is 4.98 Å². The number of piperidine rings is 1. The molecule has 1 saturated heterocycles. The summed E-state index contributed by atoms with van der Waals surface area (Å²) >= 11 is 0. The monoisotopic (exact) mass is 342 g/mol. The van der Waals surface area contributed by atoms with Gasteiger partial charge < -0.3 is 10.2 Å². The van der Waals surface area contributed by atoms with E-state index in [0.29, 0.717) is 17.7 Å². The highest BCUT2D eigenvalue weighted by Gasteiger charge is 2.28. The van der Waals surface area contributed by atoms with Crippen molar-refractivity contribution in [1.29, 1.82) is 0 Å². The Bertz CT molecular complexity index is 612. The molecule has 0 spiro atoms. The molecular weight excluding hydrogens is 312 g/mol. The molecule has 0 aromatic carbocycles. The first kappa shape index (κ1) is 17.0. The summed E-state index contributed by atoms with van der Waals surface area (Å²) in [5, 5.41) is 3.37. The molecule has 1 saturated carbocycles. The highest BCUT2D eigenvalue weighted by Crippen LogP contribution is 2.29. The summed E-state index contributed by atoms with van der Waals surface area (Å²) < 4.78 is 0. The zero-order valence-electron chi connectivity index (χ0n) is 15.2. The number of aromatic nitrogens is 2. The van der Waals surface area contributed by atoms with Crippen molar-refractivity contribution in [3.8, 4) is 0 Å². The lowest BCUT2D eigenvalue weighted by Crippen LogP contribution is -2.40. The van der Waals surface area contributed by atoms with Gasteiger partial charge >= 0.3 is 0 Å². The van der Waals surface area contributed by atoms with Crippen LogP contribution in [-0.4, -0.2) is 40.4 Å². The van der Waals surface area contributed by atoms with Crippen molar-refractivity contribution in [2.45, 2.75) is 70.3 Å². The van der Waals surface area contributed by atoms with Crippen LogP contribution in [0.4, 0.5) is 0 Å². The Balaban J connectivity index is 1.39. The number of nitrogens with zero attached hydrogens (tertiary/aromatic N) is 3. The van der Waals surface area contributed by atoms with Crippen molar-refractivity contribution in [3.05, 3.63) is 23.3 Å². The molecule has 3 aliphatic rings. The van der Waals surface area contributed by atoms with Gasteiger partial charge in [0.05, 0.1) is 0 Å². The van der Waals surface area contributed by atoms with Crippen LogP contribution < -0.4 is 5.32 Å². The third kappa shape index (κ3) is 4.02. The smallest absolute Gasteiger partial charge is 0.222 e. The van der Waals surface area contributed by atoms with E-state index in [1.165, 1.54) is 43.4 Å². The Kier molecular flexibility index (Phi) is 5.30. The number of carbonyl (C=O) groups excluding carboxylic acids is 1. The van der Waals surface area contributed by atoms with Gasteiger partial charge in [0, 0.05) is 62.4 Å². The van der Waals surface area contributed by atoms with Crippen LogP contribution in [0.3, 0.4) is 0 Å². The minimum atomic E-state index is 0.309. The Morgan fingerprint density at radius 2 is 2.08 bits per heavy atom. The molecular formula is C20H30N4O. The average Bonchev–Trinajstić information content (AvgIpc) is 2.68. The molecule has 5 nitrogen and oxygen atoms in total. The maximum absolute atomic E-state index is 12.8. The van der Waals surface area contributed by atoms with E-state index in [0.717, 1.165) is 57.7 Å². The van der Waals surface area contributed by atoms with E-state index in [1.807, 2.05) is 6.20 Å². The Morgan fingerprint density at radius 1 is 1.20 bits per heavy atom. The second-order valence-corrected chi connectivity index (χ2v) is 8.01. The number of nitrogens with one attached hydrogen (secondary N) is 1. The quantitative estimate of drug-likeness (QED) is 0.918. The zero-order chi connectivity index (χ0) is 17.1. The van der Waals surface area contributed by atoms with E-state index >= 15 is 0 Å². The van der Waals surface area contributed by atoms with Crippen molar-refractivity contribution in [1.82, 2.24) is 20.2 Å². The molecule has 0 bridgehead atoms. The van der Waals surface area contributed by atoms with Crippen LogP contribution in [0.2, 0.25) is 0 Å². The highest BCUT2D eigenvalue weighted by atomic mass is 16.2. The average molecular weight is 342 g/mol. The molecule has 4 rings (SSSR count). The number of amides is 1. The molecule has 5 heteroatoms. The Hall–Kier alpha value is -1.49. The molecule has 2 aliphatic heterocycles. The van der Waals surface area contributed by atoms with Gasteiger partial charge in [0.25, 0.3) is 0 Å². The number of fused-ring (bicyclic) bond motifs is 1. The molecule has 1 atom stereocenters. The third-order valence-electron chi connectivity index (χ3n) is 6.15. The predicted molar refractivity (Wildman–Crippen MR) is 97.2 cm³/mol. The lowest BCUT2D eigenvalue weighted by atomic mass is 9.86. The second-order valence-electron chi connectivity index (χ2n) is 8.01. The first-order chi connectivity index (χ1) is 12.3. The minimum absolute atomic E-state index is 0.309. The molecule has 1 aliphatic carbocycles. The Morgan fingerprint density at radius 3 is 2.96 bits per heavy atom. The van der Waals surface area contributed by atoms with Gasteiger partial charge in [-0.3, -0.25) is 4.79 Å². The van der Waals surface area contributed by atoms with Gasteiger partial charge in [-0.05, 0) is 31.6 Å². The summed E-state index contributed by atoms with van der Waals surface area (Å²) in [5.41, 5.74) is 2.44. The normalized spacial score (nSPS) is 24.8. The van der Waals surface area contributed by atoms with Gasteiger partial charge in [-0.2, -0.15) is 0 Å². The molecule has 1 amide bonds. The lowest BCUT2D eigenvalue weighted by molar-refractivity contribution is -0.133. The van der Waals surface area contributed by atoms with Crippen LogP contribution in [0, 0.1) is 5.92 Å². The van der Waals surface area contributed by atoms with Crippen LogP contribution in [0.1, 0.15) is 74.4 Å². The molecule has 25 heavy (non-hydrogen) atoms. The first-order valence-corrected chi connectivity index (χ1v) is 10.1. The molecule has 1 unspecified atom stereocenters. The summed E-state index contributed by atoms with van der Waals surface area (Å²) in [6, 6.07) is 0. The minimum Gasteiger partial charge on any atom is -0.342 e. The summed E-state index contributed by atoms with van der Waals surface area (Å²) in [6.07, 6.45) is 12.3. The van der Waals surface area contributed by atoms with Crippen molar-refractivity contribution >= 4 is 5.91 Å². The summed E-state index contributed by atoms with van der Waals surface area (Å²) in [7, 11) is 0. The molecule has 136 valence electrons. The van der Waals surface area contributed by atoms with Crippen molar-refractivity contribution in [3.63, 3.8) is 0 Å². The van der Waals surface area contributed by atoms with Gasteiger partial charge in [-0.25, -0.2) is 9.97 Å². The van der Waals surface area contributed by atoms with Crippen LogP contribution >= 0.6 is 0 Å². The second kappa shape index (κ2) is 7.81. The largest absolute Gasteiger partial charge is 0.342 e. The maximum atomic E-state index is 12.8. The van der Waals surface area contributed by atoms with Crippen LogP contribution in [-0.2, 0) is 17.8 Å². The van der Waals surface area contributed by atoms with Gasteiger partial charge in [0.15, 0.2) is 0 Å². The van der Waals surface area contributed by atoms with E-state index < -0.39 is 0 Å². The fourth-order valence-corrected chi connectivity index (χ4v) is 4.63. The number of rotatable bonds is 3. The fourth-order valence-electron chi connectivity index (χ4n) is 4.63. The summed E-state index contributed by atoms with van der Waals surface area (Å²) in [4.78, 5) is 24.3. The molecule has 1 aromatic rings. The zero-order valence-corrected chi connectivity index (χ0v) is 15.2. The van der Waals surface area contributed by atoms with Crippen molar-refractivity contribution < 1.29 is 4.79 Å². The number of likely N-dealkylation sites (tertiary alicyclic amines) is 1. The van der Waals surface area contributed by atoms with Gasteiger partial charge in [0.2, 0.25) is 5.91 Å². The standard InChI is InChI=1S/C20H30N4O/c25-19(11-15-5-2-1-3-6-15)24-10-4-7-16(14-24)20-22-13-17-12-21-9-8-18(17)23-20/h13,15-16,21H,1-12,14H2.